The van der Waals surface area contributed by atoms with Gasteiger partial charge in [-0.3, -0.25) is 0 Å². The lowest BCUT2D eigenvalue weighted by molar-refractivity contribution is 0.277. The average molecular weight is 321 g/mol. The lowest BCUT2D eigenvalue weighted by Gasteiger charge is -2.22. The normalized spacial score (nSPS) is 19.7. The van der Waals surface area contributed by atoms with Crippen LogP contribution in [0.3, 0.4) is 0 Å². The molecule has 0 aliphatic heterocycles. The van der Waals surface area contributed by atoms with Gasteiger partial charge in [-0.15, -0.1) is 0 Å². The van der Waals surface area contributed by atoms with E-state index >= 15 is 0 Å². The van der Waals surface area contributed by atoms with Crippen molar-refractivity contribution in [3.05, 3.63) is 33.9 Å². The van der Waals surface area contributed by atoms with Crippen LogP contribution in [0, 0.1) is 0 Å². The fourth-order valence-corrected chi connectivity index (χ4v) is 3.74. The molecule has 1 aliphatic rings. The largest absolute Gasteiger partial charge is 0.347 e. The molecule has 1 aromatic heterocycles. The molecule has 0 saturated carbocycles. The van der Waals surface area contributed by atoms with Crippen molar-refractivity contribution in [1.29, 1.82) is 0 Å². The van der Waals surface area contributed by atoms with Crippen LogP contribution in [-0.2, 0) is 19.9 Å². The Kier molecular flexibility index (Phi) is 3.44. The van der Waals surface area contributed by atoms with Gasteiger partial charge >= 0.3 is 0 Å². The van der Waals surface area contributed by atoms with Crippen LogP contribution in [0.15, 0.2) is 22.7 Å². The van der Waals surface area contributed by atoms with Crippen molar-refractivity contribution in [2.45, 2.75) is 31.7 Å². The highest BCUT2D eigenvalue weighted by atomic mass is 79.9. The number of halogens is 1. The molecule has 1 heterocycles. The van der Waals surface area contributed by atoms with Crippen molar-refractivity contribution in [2.75, 3.05) is 14.1 Å². The molecule has 0 bridgehead atoms. The standard InChI is InChI=1S/C16H21BrN2/c1-18(2)12-5-4-6-15-14(10-12)13-9-11(17)7-8-16(13)19(15)3/h7-9,12H,4-6,10H2,1-3H3. The van der Waals surface area contributed by atoms with Gasteiger partial charge in [-0.1, -0.05) is 15.9 Å². The second kappa shape index (κ2) is 4.95. The van der Waals surface area contributed by atoms with Crippen LogP contribution < -0.4 is 0 Å². The summed E-state index contributed by atoms with van der Waals surface area (Å²) < 4.78 is 3.58. The second-order valence-corrected chi connectivity index (χ2v) is 6.78. The first-order valence-corrected chi connectivity index (χ1v) is 7.79. The highest BCUT2D eigenvalue weighted by Crippen LogP contribution is 2.33. The molecule has 0 saturated heterocycles. The van der Waals surface area contributed by atoms with Crippen molar-refractivity contribution in [3.8, 4) is 0 Å². The Morgan fingerprint density at radius 2 is 2.11 bits per heavy atom. The number of fused-ring (bicyclic) bond motifs is 3. The first-order valence-electron chi connectivity index (χ1n) is 7.00. The maximum Gasteiger partial charge on any atom is 0.0483 e. The van der Waals surface area contributed by atoms with Crippen LogP contribution in [0.4, 0.5) is 0 Å². The highest BCUT2D eigenvalue weighted by molar-refractivity contribution is 9.10. The molecule has 2 aromatic rings. The summed E-state index contributed by atoms with van der Waals surface area (Å²) in [5.74, 6) is 0. The van der Waals surface area contributed by atoms with E-state index in [1.54, 1.807) is 5.56 Å². The lowest BCUT2D eigenvalue weighted by Crippen LogP contribution is -2.29. The average Bonchev–Trinajstić information content (AvgIpc) is 2.56. The predicted molar refractivity (Wildman–Crippen MR) is 84.7 cm³/mol. The van der Waals surface area contributed by atoms with Crippen molar-refractivity contribution in [2.24, 2.45) is 7.05 Å². The summed E-state index contributed by atoms with van der Waals surface area (Å²) in [7, 11) is 6.62. The molecule has 2 nitrogen and oxygen atoms in total. The molecule has 1 unspecified atom stereocenters. The zero-order valence-electron chi connectivity index (χ0n) is 11.9. The van der Waals surface area contributed by atoms with E-state index in [9.17, 15) is 0 Å². The molecule has 0 spiro atoms. The molecule has 1 aliphatic carbocycles. The summed E-state index contributed by atoms with van der Waals surface area (Å²) in [6.45, 7) is 0. The number of aromatic nitrogens is 1. The molecule has 0 fully saturated rings. The predicted octanol–water partition coefficient (Wildman–Crippen LogP) is 3.75. The van der Waals surface area contributed by atoms with Crippen LogP contribution in [0.5, 0.6) is 0 Å². The summed E-state index contributed by atoms with van der Waals surface area (Å²) in [5, 5.41) is 1.43. The van der Waals surface area contributed by atoms with E-state index in [0.29, 0.717) is 6.04 Å². The van der Waals surface area contributed by atoms with Gasteiger partial charge in [0.2, 0.25) is 0 Å². The maximum atomic E-state index is 3.61. The summed E-state index contributed by atoms with van der Waals surface area (Å²) in [5.41, 5.74) is 4.47. The molecule has 0 radical (unpaired) electrons. The molecule has 1 aromatic carbocycles. The Morgan fingerprint density at radius 1 is 1.32 bits per heavy atom. The summed E-state index contributed by atoms with van der Waals surface area (Å²) in [6, 6.07) is 7.33. The fraction of sp³-hybridized carbons (Fsp3) is 0.500. The van der Waals surface area contributed by atoms with Crippen molar-refractivity contribution >= 4 is 26.8 Å². The topological polar surface area (TPSA) is 8.17 Å². The first kappa shape index (κ1) is 13.2. The van der Waals surface area contributed by atoms with Crippen LogP contribution in [0.25, 0.3) is 10.9 Å². The van der Waals surface area contributed by atoms with Gasteiger partial charge in [-0.05, 0) is 63.5 Å². The van der Waals surface area contributed by atoms with Crippen LogP contribution >= 0.6 is 15.9 Å². The van der Waals surface area contributed by atoms with Crippen LogP contribution in [-0.4, -0.2) is 29.6 Å². The summed E-state index contributed by atoms with van der Waals surface area (Å²) in [4.78, 5) is 2.38. The number of likely N-dealkylation sites (N-methyl/N-ethyl adjacent to an activating group) is 1. The van der Waals surface area contributed by atoms with Gasteiger partial charge in [0, 0.05) is 34.2 Å². The number of nitrogens with zero attached hydrogens (tertiary/aromatic N) is 2. The van der Waals surface area contributed by atoms with Gasteiger partial charge in [0.1, 0.15) is 0 Å². The van der Waals surface area contributed by atoms with Gasteiger partial charge in [0.05, 0.1) is 0 Å². The zero-order valence-corrected chi connectivity index (χ0v) is 13.5. The molecular formula is C16H21BrN2. The molecule has 0 amide bonds. The monoisotopic (exact) mass is 320 g/mol. The van der Waals surface area contributed by atoms with E-state index in [4.69, 9.17) is 0 Å². The first-order chi connectivity index (χ1) is 9.08. The molecule has 3 rings (SSSR count). The Balaban J connectivity index is 2.18. The Hall–Kier alpha value is -0.800. The van der Waals surface area contributed by atoms with E-state index in [2.05, 4.69) is 64.7 Å². The van der Waals surface area contributed by atoms with Gasteiger partial charge in [-0.2, -0.15) is 0 Å². The van der Waals surface area contributed by atoms with Crippen molar-refractivity contribution < 1.29 is 0 Å². The maximum absolute atomic E-state index is 3.61. The van der Waals surface area contributed by atoms with E-state index < -0.39 is 0 Å². The molecule has 102 valence electrons. The lowest BCUT2D eigenvalue weighted by atomic mass is 10.0. The van der Waals surface area contributed by atoms with Crippen LogP contribution in [0.2, 0.25) is 0 Å². The molecule has 0 N–H and O–H groups in total. The third kappa shape index (κ3) is 2.23. The van der Waals surface area contributed by atoms with Gasteiger partial charge < -0.3 is 9.47 Å². The van der Waals surface area contributed by atoms with Crippen LogP contribution in [0.1, 0.15) is 24.1 Å². The van der Waals surface area contributed by atoms with E-state index in [0.717, 1.165) is 0 Å². The number of hydrogen-bond donors (Lipinski definition) is 0. The fourth-order valence-electron chi connectivity index (χ4n) is 3.38. The Morgan fingerprint density at radius 3 is 2.84 bits per heavy atom. The van der Waals surface area contributed by atoms with Gasteiger partial charge in [0.15, 0.2) is 0 Å². The minimum absolute atomic E-state index is 0.672. The number of hydrogen-bond acceptors (Lipinski definition) is 1. The molecule has 3 heteroatoms. The van der Waals surface area contributed by atoms with Gasteiger partial charge in [0.25, 0.3) is 0 Å². The second-order valence-electron chi connectivity index (χ2n) is 5.86. The Labute approximate surface area is 123 Å². The zero-order chi connectivity index (χ0) is 13.6. The van der Waals surface area contributed by atoms with Crippen molar-refractivity contribution in [3.63, 3.8) is 0 Å². The number of rotatable bonds is 1. The molecule has 1 atom stereocenters. The summed E-state index contributed by atoms with van der Waals surface area (Å²) in [6.07, 6.45) is 4.98. The van der Waals surface area contributed by atoms with Crippen molar-refractivity contribution in [1.82, 2.24) is 9.47 Å². The quantitative estimate of drug-likeness (QED) is 0.726. The third-order valence-corrected chi connectivity index (χ3v) is 5.01. The number of benzene rings is 1. The van der Waals surface area contributed by atoms with E-state index in [1.807, 2.05) is 0 Å². The van der Waals surface area contributed by atoms with Gasteiger partial charge in [-0.25, -0.2) is 0 Å². The van der Waals surface area contributed by atoms with E-state index in [-0.39, 0.29) is 0 Å². The highest BCUT2D eigenvalue weighted by Gasteiger charge is 2.23. The smallest absolute Gasteiger partial charge is 0.0483 e. The van der Waals surface area contributed by atoms with E-state index in [1.165, 1.54) is 46.8 Å². The SMILES string of the molecule is CN(C)C1CCCc2c(c3cc(Br)ccc3n2C)C1. The minimum atomic E-state index is 0.672. The molecular weight excluding hydrogens is 300 g/mol. The number of aryl methyl sites for hydroxylation is 1. The molecule has 19 heavy (non-hydrogen) atoms. The minimum Gasteiger partial charge on any atom is -0.347 e. The summed E-state index contributed by atoms with van der Waals surface area (Å²) >= 11 is 3.61. The Bertz CT molecular complexity index is 613. The third-order valence-electron chi connectivity index (χ3n) is 4.52.